The standard InChI is InChI=1S/C13H16O2/c1-9-4-3-5-12(13(9)10(2)14)15-8-11-6-7-11/h3-5,11H,6-8H2,1-2H3. The minimum atomic E-state index is 0.0823. The number of hydrogen-bond donors (Lipinski definition) is 0. The molecule has 1 aliphatic rings. The lowest BCUT2D eigenvalue weighted by atomic mass is 10.0. The molecule has 80 valence electrons. The first-order valence-electron chi connectivity index (χ1n) is 5.42. The summed E-state index contributed by atoms with van der Waals surface area (Å²) < 4.78 is 5.68. The van der Waals surface area contributed by atoms with E-state index in [4.69, 9.17) is 4.74 Å². The molecule has 0 spiro atoms. The SMILES string of the molecule is CC(=O)c1c(C)cccc1OCC1CC1. The molecule has 0 heterocycles. The summed E-state index contributed by atoms with van der Waals surface area (Å²) in [6.45, 7) is 4.29. The highest BCUT2D eigenvalue weighted by Crippen LogP contribution is 2.31. The van der Waals surface area contributed by atoms with E-state index in [1.807, 2.05) is 25.1 Å². The van der Waals surface area contributed by atoms with Gasteiger partial charge in [0.05, 0.1) is 12.2 Å². The Morgan fingerprint density at radius 1 is 1.47 bits per heavy atom. The van der Waals surface area contributed by atoms with Crippen LogP contribution in [0.5, 0.6) is 5.75 Å². The average Bonchev–Trinajstić information content (AvgIpc) is 2.97. The van der Waals surface area contributed by atoms with E-state index in [0.717, 1.165) is 23.5 Å². The van der Waals surface area contributed by atoms with E-state index >= 15 is 0 Å². The maximum absolute atomic E-state index is 11.5. The van der Waals surface area contributed by atoms with E-state index in [2.05, 4.69) is 0 Å². The van der Waals surface area contributed by atoms with Crippen LogP contribution in [-0.4, -0.2) is 12.4 Å². The summed E-state index contributed by atoms with van der Waals surface area (Å²) in [5, 5.41) is 0. The molecule has 0 atom stereocenters. The van der Waals surface area contributed by atoms with Crippen LogP contribution >= 0.6 is 0 Å². The zero-order valence-electron chi connectivity index (χ0n) is 9.25. The van der Waals surface area contributed by atoms with Gasteiger partial charge in [-0.1, -0.05) is 12.1 Å². The van der Waals surface area contributed by atoms with Gasteiger partial charge in [0.25, 0.3) is 0 Å². The highest BCUT2D eigenvalue weighted by Gasteiger charge is 2.22. The molecule has 2 nitrogen and oxygen atoms in total. The predicted molar refractivity (Wildman–Crippen MR) is 59.4 cm³/mol. The van der Waals surface area contributed by atoms with Gasteiger partial charge < -0.3 is 4.74 Å². The molecular formula is C13H16O2. The predicted octanol–water partition coefficient (Wildman–Crippen LogP) is 2.99. The van der Waals surface area contributed by atoms with Crippen molar-refractivity contribution in [3.8, 4) is 5.75 Å². The number of carbonyl (C=O) groups excluding carboxylic acids is 1. The Morgan fingerprint density at radius 2 is 2.20 bits per heavy atom. The Balaban J connectivity index is 2.19. The lowest BCUT2D eigenvalue weighted by Gasteiger charge is -2.11. The summed E-state index contributed by atoms with van der Waals surface area (Å²) in [5.74, 6) is 1.54. The number of hydrogen-bond acceptors (Lipinski definition) is 2. The minimum Gasteiger partial charge on any atom is -0.493 e. The van der Waals surface area contributed by atoms with E-state index in [-0.39, 0.29) is 5.78 Å². The van der Waals surface area contributed by atoms with Crippen LogP contribution in [0.1, 0.15) is 35.7 Å². The van der Waals surface area contributed by atoms with Crippen LogP contribution in [0.25, 0.3) is 0 Å². The second kappa shape index (κ2) is 4.05. The van der Waals surface area contributed by atoms with Gasteiger partial charge in [-0.25, -0.2) is 0 Å². The molecule has 0 unspecified atom stereocenters. The van der Waals surface area contributed by atoms with Gasteiger partial charge in [0, 0.05) is 0 Å². The molecule has 1 fully saturated rings. The largest absolute Gasteiger partial charge is 0.493 e. The van der Waals surface area contributed by atoms with Crippen molar-refractivity contribution in [3.05, 3.63) is 29.3 Å². The average molecular weight is 204 g/mol. The zero-order chi connectivity index (χ0) is 10.8. The summed E-state index contributed by atoms with van der Waals surface area (Å²) in [5.41, 5.74) is 1.73. The maximum atomic E-state index is 11.5. The molecule has 0 aliphatic heterocycles. The minimum absolute atomic E-state index is 0.0823. The van der Waals surface area contributed by atoms with E-state index in [9.17, 15) is 4.79 Å². The number of ketones is 1. The number of carbonyl (C=O) groups is 1. The fraction of sp³-hybridized carbons (Fsp3) is 0.462. The molecular weight excluding hydrogens is 188 g/mol. The maximum Gasteiger partial charge on any atom is 0.163 e. The molecule has 0 radical (unpaired) electrons. The Hall–Kier alpha value is -1.31. The Labute approximate surface area is 90.3 Å². The molecule has 2 heteroatoms. The highest BCUT2D eigenvalue weighted by atomic mass is 16.5. The quantitative estimate of drug-likeness (QED) is 0.705. The summed E-state index contributed by atoms with van der Waals surface area (Å²) >= 11 is 0. The first-order chi connectivity index (χ1) is 7.18. The summed E-state index contributed by atoms with van der Waals surface area (Å²) in [6, 6.07) is 5.76. The topological polar surface area (TPSA) is 26.3 Å². The third kappa shape index (κ3) is 2.38. The van der Waals surface area contributed by atoms with Crippen molar-refractivity contribution in [1.82, 2.24) is 0 Å². The second-order valence-corrected chi connectivity index (χ2v) is 4.26. The molecule has 1 aliphatic carbocycles. The van der Waals surface area contributed by atoms with E-state index < -0.39 is 0 Å². The normalized spacial score (nSPS) is 15.1. The molecule has 0 aromatic heterocycles. The fourth-order valence-electron chi connectivity index (χ4n) is 1.70. The van der Waals surface area contributed by atoms with Crippen molar-refractivity contribution in [2.24, 2.45) is 5.92 Å². The third-order valence-electron chi connectivity index (χ3n) is 2.76. The molecule has 1 saturated carbocycles. The van der Waals surface area contributed by atoms with Crippen LogP contribution in [0.3, 0.4) is 0 Å². The Bertz CT molecular complexity index is 378. The molecule has 0 N–H and O–H groups in total. The second-order valence-electron chi connectivity index (χ2n) is 4.26. The van der Waals surface area contributed by atoms with Gasteiger partial charge in [0.15, 0.2) is 5.78 Å². The van der Waals surface area contributed by atoms with Gasteiger partial charge in [-0.2, -0.15) is 0 Å². The van der Waals surface area contributed by atoms with Crippen LogP contribution in [-0.2, 0) is 0 Å². The lowest BCUT2D eigenvalue weighted by molar-refractivity contribution is 0.101. The zero-order valence-corrected chi connectivity index (χ0v) is 9.25. The Morgan fingerprint density at radius 3 is 2.80 bits per heavy atom. The molecule has 0 amide bonds. The van der Waals surface area contributed by atoms with Gasteiger partial charge in [0.1, 0.15) is 5.75 Å². The van der Waals surface area contributed by atoms with Crippen molar-refractivity contribution in [2.75, 3.05) is 6.61 Å². The van der Waals surface area contributed by atoms with E-state index in [1.54, 1.807) is 6.92 Å². The van der Waals surface area contributed by atoms with Crippen LogP contribution in [0.15, 0.2) is 18.2 Å². The Kier molecular flexibility index (Phi) is 2.76. The first-order valence-corrected chi connectivity index (χ1v) is 5.42. The smallest absolute Gasteiger partial charge is 0.163 e. The molecule has 1 aromatic carbocycles. The van der Waals surface area contributed by atoms with Crippen molar-refractivity contribution >= 4 is 5.78 Å². The van der Waals surface area contributed by atoms with Gasteiger partial charge >= 0.3 is 0 Å². The van der Waals surface area contributed by atoms with Crippen molar-refractivity contribution in [2.45, 2.75) is 26.7 Å². The summed E-state index contributed by atoms with van der Waals surface area (Å²) in [7, 11) is 0. The first kappa shape index (κ1) is 10.2. The van der Waals surface area contributed by atoms with E-state index in [1.165, 1.54) is 12.8 Å². The van der Waals surface area contributed by atoms with Crippen molar-refractivity contribution in [3.63, 3.8) is 0 Å². The molecule has 0 saturated heterocycles. The van der Waals surface area contributed by atoms with Crippen LogP contribution < -0.4 is 4.74 Å². The lowest BCUT2D eigenvalue weighted by Crippen LogP contribution is -2.05. The highest BCUT2D eigenvalue weighted by molar-refractivity contribution is 5.98. The van der Waals surface area contributed by atoms with Gasteiger partial charge in [-0.3, -0.25) is 4.79 Å². The van der Waals surface area contributed by atoms with Crippen LogP contribution in [0.4, 0.5) is 0 Å². The number of aryl methyl sites for hydroxylation is 1. The van der Waals surface area contributed by atoms with Gasteiger partial charge in [0.2, 0.25) is 0 Å². The molecule has 0 bridgehead atoms. The van der Waals surface area contributed by atoms with Gasteiger partial charge in [-0.15, -0.1) is 0 Å². The van der Waals surface area contributed by atoms with Crippen molar-refractivity contribution in [1.29, 1.82) is 0 Å². The number of Topliss-reactive ketones (excluding diaryl/α,β-unsaturated/α-hetero) is 1. The fourth-order valence-corrected chi connectivity index (χ4v) is 1.70. The molecule has 2 rings (SSSR count). The summed E-state index contributed by atoms with van der Waals surface area (Å²) in [4.78, 5) is 11.5. The van der Waals surface area contributed by atoms with Gasteiger partial charge in [-0.05, 0) is 44.2 Å². The van der Waals surface area contributed by atoms with Crippen LogP contribution in [0, 0.1) is 12.8 Å². The number of ether oxygens (including phenoxy) is 1. The number of rotatable bonds is 4. The van der Waals surface area contributed by atoms with Crippen LogP contribution in [0.2, 0.25) is 0 Å². The number of benzene rings is 1. The third-order valence-corrected chi connectivity index (χ3v) is 2.76. The molecule has 1 aromatic rings. The van der Waals surface area contributed by atoms with E-state index in [0.29, 0.717) is 5.92 Å². The summed E-state index contributed by atoms with van der Waals surface area (Å²) in [6.07, 6.45) is 2.53. The van der Waals surface area contributed by atoms with Crippen molar-refractivity contribution < 1.29 is 9.53 Å². The monoisotopic (exact) mass is 204 g/mol. The molecule has 15 heavy (non-hydrogen) atoms.